The van der Waals surface area contributed by atoms with Crippen LogP contribution in [0.25, 0.3) is 0 Å². The van der Waals surface area contributed by atoms with E-state index in [0.717, 1.165) is 19.4 Å². The molecule has 2 unspecified atom stereocenters. The molecule has 4 nitrogen and oxygen atoms in total. The van der Waals surface area contributed by atoms with Gasteiger partial charge in [0, 0.05) is 25.6 Å². The van der Waals surface area contributed by atoms with E-state index < -0.39 is 6.10 Å². The van der Waals surface area contributed by atoms with E-state index in [2.05, 4.69) is 0 Å². The molecule has 0 aromatic carbocycles. The number of piperidine rings is 1. The first-order valence-electron chi connectivity index (χ1n) is 5.31. The molecule has 0 aromatic heterocycles. The van der Waals surface area contributed by atoms with E-state index >= 15 is 0 Å². The number of hydrogen-bond acceptors (Lipinski definition) is 3. The normalized spacial score (nSPS) is 24.8. The zero-order valence-corrected chi connectivity index (χ0v) is 8.78. The van der Waals surface area contributed by atoms with Gasteiger partial charge in [0.15, 0.2) is 0 Å². The summed E-state index contributed by atoms with van der Waals surface area (Å²) in [5.74, 6) is 0.126. The van der Waals surface area contributed by atoms with E-state index in [1.807, 2.05) is 4.90 Å². The molecule has 14 heavy (non-hydrogen) atoms. The van der Waals surface area contributed by atoms with E-state index in [9.17, 15) is 4.79 Å². The van der Waals surface area contributed by atoms with Crippen LogP contribution in [0.1, 0.15) is 32.6 Å². The van der Waals surface area contributed by atoms with Gasteiger partial charge in [-0.15, -0.1) is 0 Å². The van der Waals surface area contributed by atoms with Crippen LogP contribution in [0, 0.1) is 0 Å². The van der Waals surface area contributed by atoms with Crippen molar-refractivity contribution in [2.45, 2.75) is 44.8 Å². The lowest BCUT2D eigenvalue weighted by molar-refractivity contribution is -0.132. The number of carbonyl (C=O) groups is 1. The zero-order chi connectivity index (χ0) is 10.6. The Labute approximate surface area is 85.1 Å². The molecular formula is C10H20N2O2. The summed E-state index contributed by atoms with van der Waals surface area (Å²) in [7, 11) is 0. The van der Waals surface area contributed by atoms with Gasteiger partial charge in [0.05, 0.1) is 6.10 Å². The highest BCUT2D eigenvalue weighted by Gasteiger charge is 2.20. The van der Waals surface area contributed by atoms with Crippen LogP contribution in [0.15, 0.2) is 0 Å². The molecule has 4 heteroatoms. The van der Waals surface area contributed by atoms with Crippen LogP contribution in [0.2, 0.25) is 0 Å². The number of rotatable bonds is 3. The largest absolute Gasteiger partial charge is 0.393 e. The Hall–Kier alpha value is -0.610. The fourth-order valence-electron chi connectivity index (χ4n) is 1.73. The van der Waals surface area contributed by atoms with Crippen molar-refractivity contribution < 1.29 is 9.90 Å². The number of amides is 1. The van der Waals surface area contributed by atoms with Crippen molar-refractivity contribution in [1.29, 1.82) is 0 Å². The van der Waals surface area contributed by atoms with Crippen molar-refractivity contribution in [3.05, 3.63) is 0 Å². The van der Waals surface area contributed by atoms with E-state index in [4.69, 9.17) is 10.8 Å². The molecular weight excluding hydrogens is 180 g/mol. The molecule has 1 aliphatic rings. The smallest absolute Gasteiger partial charge is 0.222 e. The Bertz CT molecular complexity index is 195. The number of aliphatic hydroxyl groups excluding tert-OH is 1. The van der Waals surface area contributed by atoms with Crippen molar-refractivity contribution in [3.63, 3.8) is 0 Å². The van der Waals surface area contributed by atoms with Crippen molar-refractivity contribution in [3.8, 4) is 0 Å². The van der Waals surface area contributed by atoms with Crippen LogP contribution in [0.5, 0.6) is 0 Å². The fraction of sp³-hybridized carbons (Fsp3) is 0.900. The van der Waals surface area contributed by atoms with Gasteiger partial charge in [0.2, 0.25) is 5.91 Å². The highest BCUT2D eigenvalue weighted by atomic mass is 16.3. The highest BCUT2D eigenvalue weighted by molar-refractivity contribution is 5.76. The van der Waals surface area contributed by atoms with Crippen LogP contribution < -0.4 is 5.73 Å². The summed E-state index contributed by atoms with van der Waals surface area (Å²) < 4.78 is 0. The highest BCUT2D eigenvalue weighted by Crippen LogP contribution is 2.10. The van der Waals surface area contributed by atoms with Crippen molar-refractivity contribution >= 4 is 5.91 Å². The molecule has 0 radical (unpaired) electrons. The van der Waals surface area contributed by atoms with Gasteiger partial charge in [-0.2, -0.15) is 0 Å². The van der Waals surface area contributed by atoms with Crippen molar-refractivity contribution in [2.75, 3.05) is 13.1 Å². The first-order chi connectivity index (χ1) is 6.59. The third-order valence-electron chi connectivity index (χ3n) is 2.59. The Morgan fingerprint density at radius 1 is 1.71 bits per heavy atom. The van der Waals surface area contributed by atoms with E-state index in [-0.39, 0.29) is 11.9 Å². The second-order valence-electron chi connectivity index (χ2n) is 4.13. The third-order valence-corrected chi connectivity index (χ3v) is 2.59. The van der Waals surface area contributed by atoms with Gasteiger partial charge in [-0.25, -0.2) is 0 Å². The lowest BCUT2D eigenvalue weighted by atomic mass is 10.1. The monoisotopic (exact) mass is 200 g/mol. The average molecular weight is 200 g/mol. The third kappa shape index (κ3) is 3.64. The number of hydrogen-bond donors (Lipinski definition) is 2. The van der Waals surface area contributed by atoms with Gasteiger partial charge in [-0.1, -0.05) is 0 Å². The first kappa shape index (κ1) is 11.5. The van der Waals surface area contributed by atoms with Crippen LogP contribution >= 0.6 is 0 Å². The number of aliphatic hydroxyl groups is 1. The predicted octanol–water partition coefficient (Wildman–Crippen LogP) is 0.0971. The first-order valence-corrected chi connectivity index (χ1v) is 5.31. The molecule has 82 valence electrons. The Kier molecular flexibility index (Phi) is 4.35. The fourth-order valence-corrected chi connectivity index (χ4v) is 1.73. The number of likely N-dealkylation sites (tertiary alicyclic amines) is 1. The van der Waals surface area contributed by atoms with Gasteiger partial charge in [0.1, 0.15) is 0 Å². The molecule has 1 amide bonds. The summed E-state index contributed by atoms with van der Waals surface area (Å²) in [5, 5.41) is 9.06. The zero-order valence-electron chi connectivity index (χ0n) is 8.78. The lowest BCUT2D eigenvalue weighted by Crippen LogP contribution is -2.45. The summed E-state index contributed by atoms with van der Waals surface area (Å²) in [5.41, 5.74) is 5.78. The molecule has 0 aliphatic carbocycles. The summed E-state index contributed by atoms with van der Waals surface area (Å²) >= 11 is 0. The van der Waals surface area contributed by atoms with Crippen LogP contribution in [0.3, 0.4) is 0 Å². The molecule has 1 heterocycles. The van der Waals surface area contributed by atoms with Crippen LogP contribution in [-0.4, -0.2) is 41.1 Å². The minimum absolute atomic E-state index is 0.126. The van der Waals surface area contributed by atoms with Crippen LogP contribution in [-0.2, 0) is 4.79 Å². The second kappa shape index (κ2) is 5.32. The van der Waals surface area contributed by atoms with Crippen molar-refractivity contribution in [1.82, 2.24) is 4.90 Å². The molecule has 1 saturated heterocycles. The molecule has 3 N–H and O–H groups in total. The van der Waals surface area contributed by atoms with Crippen molar-refractivity contribution in [2.24, 2.45) is 5.73 Å². The quantitative estimate of drug-likeness (QED) is 0.679. The minimum Gasteiger partial charge on any atom is -0.393 e. The van der Waals surface area contributed by atoms with Gasteiger partial charge in [0.25, 0.3) is 0 Å². The Balaban J connectivity index is 2.29. The Morgan fingerprint density at radius 3 is 3.00 bits per heavy atom. The van der Waals surface area contributed by atoms with E-state index in [1.165, 1.54) is 0 Å². The summed E-state index contributed by atoms with van der Waals surface area (Å²) in [6, 6.07) is 0.138. The summed E-state index contributed by atoms with van der Waals surface area (Å²) in [6.07, 6.45) is 2.61. The summed E-state index contributed by atoms with van der Waals surface area (Å²) in [4.78, 5) is 13.4. The SMILES string of the molecule is CC(O)CCC(=O)N1CCCC(N)C1. The topological polar surface area (TPSA) is 66.6 Å². The molecule has 1 aliphatic heterocycles. The molecule has 1 rings (SSSR count). The van der Waals surface area contributed by atoms with E-state index in [1.54, 1.807) is 6.92 Å². The van der Waals surface area contributed by atoms with E-state index in [0.29, 0.717) is 19.4 Å². The maximum absolute atomic E-state index is 11.6. The molecule has 1 fully saturated rings. The standard InChI is InChI=1S/C10H20N2O2/c1-8(13)4-5-10(14)12-6-2-3-9(11)7-12/h8-9,13H,2-7,11H2,1H3. The average Bonchev–Trinajstić information content (AvgIpc) is 2.14. The molecule has 2 atom stereocenters. The number of nitrogens with zero attached hydrogens (tertiary/aromatic N) is 1. The van der Waals surface area contributed by atoms with Gasteiger partial charge < -0.3 is 15.7 Å². The van der Waals surface area contributed by atoms with Gasteiger partial charge in [-0.05, 0) is 26.2 Å². The number of nitrogens with two attached hydrogens (primary N) is 1. The second-order valence-corrected chi connectivity index (χ2v) is 4.13. The lowest BCUT2D eigenvalue weighted by Gasteiger charge is -2.30. The minimum atomic E-state index is -0.391. The predicted molar refractivity (Wildman–Crippen MR) is 54.7 cm³/mol. The summed E-state index contributed by atoms with van der Waals surface area (Å²) in [6.45, 7) is 3.21. The molecule has 0 bridgehead atoms. The van der Waals surface area contributed by atoms with Crippen LogP contribution in [0.4, 0.5) is 0 Å². The van der Waals surface area contributed by atoms with Gasteiger partial charge in [-0.3, -0.25) is 4.79 Å². The number of carbonyl (C=O) groups excluding carboxylic acids is 1. The molecule has 0 saturated carbocycles. The maximum Gasteiger partial charge on any atom is 0.222 e. The Morgan fingerprint density at radius 2 is 2.43 bits per heavy atom. The molecule has 0 aromatic rings. The maximum atomic E-state index is 11.6. The van der Waals surface area contributed by atoms with Gasteiger partial charge >= 0.3 is 0 Å². The molecule has 0 spiro atoms.